The summed E-state index contributed by atoms with van der Waals surface area (Å²) in [6.07, 6.45) is 3.83. The van der Waals surface area contributed by atoms with E-state index in [1.807, 2.05) is 18.2 Å². The fourth-order valence-electron chi connectivity index (χ4n) is 2.54. The van der Waals surface area contributed by atoms with Gasteiger partial charge in [-0.1, -0.05) is 29.8 Å². The molecule has 1 saturated carbocycles. The van der Waals surface area contributed by atoms with Crippen LogP contribution in [0.5, 0.6) is 0 Å². The lowest BCUT2D eigenvalue weighted by molar-refractivity contribution is -0.137. The van der Waals surface area contributed by atoms with Crippen molar-refractivity contribution in [2.75, 3.05) is 0 Å². The molecule has 88 valence electrons. The number of benzene rings is 1. The second kappa shape index (κ2) is 3.50. The molecule has 3 nitrogen and oxygen atoms in total. The largest absolute Gasteiger partial charge is 0.481 e. The molecule has 1 aromatic carbocycles. The SMILES string of the molecule is O=C(O)CC1(c2cccc3c(Cl)c[nH]c23)CC1. The van der Waals surface area contributed by atoms with Crippen LogP contribution in [0.1, 0.15) is 24.8 Å². The highest BCUT2D eigenvalue weighted by Crippen LogP contribution is 2.53. The number of hydrogen-bond donors (Lipinski definition) is 2. The Bertz CT molecular complexity index is 598. The molecule has 0 radical (unpaired) electrons. The third kappa shape index (κ3) is 1.62. The van der Waals surface area contributed by atoms with Crippen LogP contribution in [0.3, 0.4) is 0 Å². The van der Waals surface area contributed by atoms with Crippen molar-refractivity contribution in [2.45, 2.75) is 24.7 Å². The van der Waals surface area contributed by atoms with Crippen molar-refractivity contribution < 1.29 is 9.90 Å². The predicted octanol–water partition coefficient (Wildman–Crippen LogP) is 3.33. The molecule has 0 aliphatic heterocycles. The Hall–Kier alpha value is -1.48. The summed E-state index contributed by atoms with van der Waals surface area (Å²) in [5.41, 5.74) is 1.89. The Morgan fingerprint density at radius 2 is 2.24 bits per heavy atom. The Kier molecular flexibility index (Phi) is 2.20. The normalized spacial score (nSPS) is 17.2. The number of carbonyl (C=O) groups is 1. The Morgan fingerprint density at radius 3 is 2.88 bits per heavy atom. The van der Waals surface area contributed by atoms with Crippen LogP contribution >= 0.6 is 11.6 Å². The summed E-state index contributed by atoms with van der Waals surface area (Å²) in [6, 6.07) is 5.90. The van der Waals surface area contributed by atoms with Gasteiger partial charge >= 0.3 is 5.97 Å². The van der Waals surface area contributed by atoms with E-state index in [1.165, 1.54) is 0 Å². The minimum absolute atomic E-state index is 0.181. The van der Waals surface area contributed by atoms with Crippen molar-refractivity contribution in [3.8, 4) is 0 Å². The smallest absolute Gasteiger partial charge is 0.304 e. The highest BCUT2D eigenvalue weighted by molar-refractivity contribution is 6.35. The van der Waals surface area contributed by atoms with Crippen LogP contribution in [0.2, 0.25) is 5.02 Å². The Labute approximate surface area is 103 Å². The van der Waals surface area contributed by atoms with E-state index in [2.05, 4.69) is 4.98 Å². The lowest BCUT2D eigenvalue weighted by Gasteiger charge is -2.14. The van der Waals surface area contributed by atoms with Gasteiger partial charge in [-0.15, -0.1) is 0 Å². The van der Waals surface area contributed by atoms with Crippen molar-refractivity contribution in [1.82, 2.24) is 4.98 Å². The molecule has 0 spiro atoms. The van der Waals surface area contributed by atoms with Gasteiger partial charge in [-0.05, 0) is 18.4 Å². The summed E-state index contributed by atoms with van der Waals surface area (Å²) < 4.78 is 0. The lowest BCUT2D eigenvalue weighted by Crippen LogP contribution is -2.13. The molecule has 1 heterocycles. The number of aromatic nitrogens is 1. The molecule has 0 unspecified atom stereocenters. The molecule has 0 atom stereocenters. The van der Waals surface area contributed by atoms with Gasteiger partial charge in [0.25, 0.3) is 0 Å². The number of rotatable bonds is 3. The average molecular weight is 250 g/mol. The highest BCUT2D eigenvalue weighted by Gasteiger charge is 2.47. The number of H-pyrrole nitrogens is 1. The van der Waals surface area contributed by atoms with Crippen LogP contribution in [0.25, 0.3) is 10.9 Å². The van der Waals surface area contributed by atoms with E-state index < -0.39 is 5.97 Å². The highest BCUT2D eigenvalue weighted by atomic mass is 35.5. The first kappa shape index (κ1) is 10.7. The monoisotopic (exact) mass is 249 g/mol. The van der Waals surface area contributed by atoms with Crippen LogP contribution in [-0.4, -0.2) is 16.1 Å². The summed E-state index contributed by atoms with van der Waals surface area (Å²) in [5.74, 6) is -0.739. The minimum Gasteiger partial charge on any atom is -0.481 e. The predicted molar refractivity (Wildman–Crippen MR) is 66.5 cm³/mol. The lowest BCUT2D eigenvalue weighted by atomic mass is 9.91. The maximum Gasteiger partial charge on any atom is 0.304 e. The average Bonchev–Trinajstić information content (AvgIpc) is 2.96. The van der Waals surface area contributed by atoms with Gasteiger partial charge in [-0.25, -0.2) is 0 Å². The summed E-state index contributed by atoms with van der Waals surface area (Å²) in [4.78, 5) is 14.1. The van der Waals surface area contributed by atoms with Gasteiger partial charge in [0, 0.05) is 17.0 Å². The molecule has 2 aromatic rings. The van der Waals surface area contributed by atoms with E-state index in [-0.39, 0.29) is 11.8 Å². The second-order valence-corrected chi connectivity index (χ2v) is 5.12. The third-order valence-corrected chi connectivity index (χ3v) is 3.89. The van der Waals surface area contributed by atoms with Gasteiger partial charge in [0.05, 0.1) is 17.0 Å². The summed E-state index contributed by atoms with van der Waals surface area (Å²) in [7, 11) is 0. The van der Waals surface area contributed by atoms with Gasteiger partial charge in [0.15, 0.2) is 0 Å². The number of nitrogens with one attached hydrogen (secondary N) is 1. The molecule has 1 fully saturated rings. The Morgan fingerprint density at radius 1 is 1.47 bits per heavy atom. The van der Waals surface area contributed by atoms with Crippen molar-refractivity contribution in [3.05, 3.63) is 35.0 Å². The van der Waals surface area contributed by atoms with Crippen molar-refractivity contribution in [2.24, 2.45) is 0 Å². The molecule has 1 aliphatic carbocycles. The molecule has 4 heteroatoms. The third-order valence-electron chi connectivity index (χ3n) is 3.58. The number of carboxylic acids is 1. The number of fused-ring (bicyclic) bond motifs is 1. The van der Waals surface area contributed by atoms with Crippen LogP contribution in [0.4, 0.5) is 0 Å². The van der Waals surface area contributed by atoms with Crippen LogP contribution < -0.4 is 0 Å². The number of aromatic amines is 1. The van der Waals surface area contributed by atoms with E-state index in [0.29, 0.717) is 5.02 Å². The molecule has 17 heavy (non-hydrogen) atoms. The fraction of sp³-hybridized carbons (Fsp3) is 0.308. The number of hydrogen-bond acceptors (Lipinski definition) is 1. The number of halogens is 1. The molecule has 3 rings (SSSR count). The van der Waals surface area contributed by atoms with Crippen molar-refractivity contribution in [3.63, 3.8) is 0 Å². The van der Waals surface area contributed by atoms with E-state index in [4.69, 9.17) is 16.7 Å². The summed E-state index contributed by atoms with van der Waals surface area (Å²) in [5, 5.41) is 10.7. The standard InChI is InChI=1S/C13H12ClNO2/c14-10-7-15-12-8(10)2-1-3-9(12)13(4-5-13)6-11(16)17/h1-3,7,15H,4-6H2,(H,16,17). The number of aliphatic carboxylic acids is 1. The maximum absolute atomic E-state index is 10.9. The minimum atomic E-state index is -0.739. The maximum atomic E-state index is 10.9. The summed E-state index contributed by atoms with van der Waals surface area (Å²) in [6.45, 7) is 0. The molecule has 1 aliphatic rings. The van der Waals surface area contributed by atoms with E-state index in [9.17, 15) is 4.79 Å². The molecular formula is C13H12ClNO2. The first-order valence-corrected chi connectivity index (χ1v) is 5.98. The van der Waals surface area contributed by atoms with Gasteiger partial charge in [-0.3, -0.25) is 4.79 Å². The fourth-order valence-corrected chi connectivity index (χ4v) is 2.76. The molecule has 1 aromatic heterocycles. The topological polar surface area (TPSA) is 53.1 Å². The zero-order chi connectivity index (χ0) is 12.0. The zero-order valence-corrected chi connectivity index (χ0v) is 9.92. The first-order chi connectivity index (χ1) is 8.12. The van der Waals surface area contributed by atoms with Crippen LogP contribution in [0.15, 0.2) is 24.4 Å². The van der Waals surface area contributed by atoms with Gasteiger partial charge in [-0.2, -0.15) is 0 Å². The van der Waals surface area contributed by atoms with Gasteiger partial charge in [0.1, 0.15) is 0 Å². The first-order valence-electron chi connectivity index (χ1n) is 5.60. The zero-order valence-electron chi connectivity index (χ0n) is 9.16. The molecule has 2 N–H and O–H groups in total. The molecule has 0 amide bonds. The molecular weight excluding hydrogens is 238 g/mol. The van der Waals surface area contributed by atoms with E-state index >= 15 is 0 Å². The van der Waals surface area contributed by atoms with Crippen molar-refractivity contribution >= 4 is 28.5 Å². The number of para-hydroxylation sites is 1. The molecule has 0 saturated heterocycles. The quantitative estimate of drug-likeness (QED) is 0.877. The van der Waals surface area contributed by atoms with Crippen LogP contribution in [-0.2, 0) is 10.2 Å². The van der Waals surface area contributed by atoms with Crippen molar-refractivity contribution in [1.29, 1.82) is 0 Å². The number of carboxylic acid groups (broad SMARTS) is 1. The second-order valence-electron chi connectivity index (χ2n) is 4.72. The Balaban J connectivity index is 2.15. The summed E-state index contributed by atoms with van der Waals surface area (Å²) >= 11 is 6.07. The van der Waals surface area contributed by atoms with Gasteiger partial charge < -0.3 is 10.1 Å². The van der Waals surface area contributed by atoms with E-state index in [0.717, 1.165) is 29.3 Å². The van der Waals surface area contributed by atoms with Gasteiger partial charge in [0.2, 0.25) is 0 Å². The van der Waals surface area contributed by atoms with Crippen LogP contribution in [0, 0.1) is 0 Å². The molecule has 0 bridgehead atoms. The van der Waals surface area contributed by atoms with E-state index in [1.54, 1.807) is 6.20 Å².